The van der Waals surface area contributed by atoms with Gasteiger partial charge in [0.15, 0.2) is 5.76 Å². The fourth-order valence-corrected chi connectivity index (χ4v) is 2.92. The maximum Gasteiger partial charge on any atom is 0.433 e. The van der Waals surface area contributed by atoms with Gasteiger partial charge in [0, 0.05) is 6.54 Å². The summed E-state index contributed by atoms with van der Waals surface area (Å²) in [6.07, 6.45) is 2.24. The minimum Gasteiger partial charge on any atom is -0.465 e. The van der Waals surface area contributed by atoms with Gasteiger partial charge in [0.05, 0.1) is 12.1 Å². The van der Waals surface area contributed by atoms with Crippen LogP contribution in [0.2, 0.25) is 0 Å². The molecule has 2 aromatic rings. The van der Waals surface area contributed by atoms with E-state index in [1.165, 1.54) is 12.1 Å². The van der Waals surface area contributed by atoms with Crippen LogP contribution in [0.15, 0.2) is 33.1 Å². The number of nitrogens with zero attached hydrogens (tertiary/aromatic N) is 2. The van der Waals surface area contributed by atoms with Crippen LogP contribution in [0.3, 0.4) is 0 Å². The van der Waals surface area contributed by atoms with Crippen molar-refractivity contribution in [3.63, 3.8) is 0 Å². The maximum atomic E-state index is 12.2. The molecule has 3 heterocycles. The Morgan fingerprint density at radius 2 is 2.04 bits per heavy atom. The average Bonchev–Trinajstić information content (AvgIpc) is 3.29. The van der Waals surface area contributed by atoms with Crippen molar-refractivity contribution in [3.05, 3.63) is 51.7 Å². The van der Waals surface area contributed by atoms with Gasteiger partial charge in [0.2, 0.25) is 0 Å². The summed E-state index contributed by atoms with van der Waals surface area (Å²) in [6, 6.07) is 6.23. The number of furan rings is 2. The van der Waals surface area contributed by atoms with E-state index in [-0.39, 0.29) is 11.8 Å². The highest BCUT2D eigenvalue weighted by atomic mass is 16.6. The lowest BCUT2D eigenvalue weighted by Gasteiger charge is -2.25. The van der Waals surface area contributed by atoms with Crippen LogP contribution in [0.5, 0.6) is 0 Å². The largest absolute Gasteiger partial charge is 0.465 e. The van der Waals surface area contributed by atoms with Crippen LogP contribution in [-0.2, 0) is 0 Å². The number of rotatable bonds is 6. The van der Waals surface area contributed by atoms with E-state index < -0.39 is 16.7 Å². The first-order valence-corrected chi connectivity index (χ1v) is 7.87. The molecule has 1 aliphatic heterocycles. The van der Waals surface area contributed by atoms with Crippen molar-refractivity contribution >= 4 is 11.8 Å². The molecule has 0 spiro atoms. The Morgan fingerprint density at radius 3 is 2.62 bits per heavy atom. The van der Waals surface area contributed by atoms with Gasteiger partial charge in [-0.25, -0.2) is 0 Å². The number of nitrogens with one attached hydrogen (secondary N) is 1. The van der Waals surface area contributed by atoms with Gasteiger partial charge in [0.25, 0.3) is 5.91 Å². The van der Waals surface area contributed by atoms with E-state index in [9.17, 15) is 14.9 Å². The van der Waals surface area contributed by atoms with Gasteiger partial charge in [-0.1, -0.05) is 0 Å². The fourth-order valence-electron chi connectivity index (χ4n) is 2.92. The Balaban J connectivity index is 1.68. The lowest BCUT2D eigenvalue weighted by molar-refractivity contribution is -0.402. The summed E-state index contributed by atoms with van der Waals surface area (Å²) in [7, 11) is 0. The second-order valence-electron chi connectivity index (χ2n) is 5.81. The smallest absolute Gasteiger partial charge is 0.433 e. The highest BCUT2D eigenvalue weighted by Gasteiger charge is 2.27. The van der Waals surface area contributed by atoms with Gasteiger partial charge in [-0.15, -0.1) is 0 Å². The second kappa shape index (κ2) is 6.88. The summed E-state index contributed by atoms with van der Waals surface area (Å²) in [5.74, 6) is 0.633. The monoisotopic (exact) mass is 333 g/mol. The molecular weight excluding hydrogens is 314 g/mol. The predicted molar refractivity (Wildman–Crippen MR) is 84.7 cm³/mol. The quantitative estimate of drug-likeness (QED) is 0.644. The zero-order valence-electron chi connectivity index (χ0n) is 13.4. The first-order valence-electron chi connectivity index (χ1n) is 7.87. The highest BCUT2D eigenvalue weighted by Crippen LogP contribution is 2.26. The topological polar surface area (TPSA) is 102 Å². The summed E-state index contributed by atoms with van der Waals surface area (Å²) in [5, 5.41) is 13.4. The van der Waals surface area contributed by atoms with Crippen molar-refractivity contribution in [1.29, 1.82) is 0 Å². The molecule has 1 aliphatic rings. The van der Waals surface area contributed by atoms with Crippen molar-refractivity contribution in [1.82, 2.24) is 10.2 Å². The molecule has 128 valence electrons. The number of carbonyl (C=O) groups is 1. The van der Waals surface area contributed by atoms with E-state index in [0.717, 1.165) is 37.5 Å². The van der Waals surface area contributed by atoms with Crippen molar-refractivity contribution in [2.45, 2.75) is 25.8 Å². The normalized spacial score (nSPS) is 16.2. The molecule has 1 N–H and O–H groups in total. The van der Waals surface area contributed by atoms with Crippen LogP contribution >= 0.6 is 0 Å². The van der Waals surface area contributed by atoms with Crippen LogP contribution in [0, 0.1) is 17.0 Å². The third kappa shape index (κ3) is 3.48. The van der Waals surface area contributed by atoms with Crippen molar-refractivity contribution in [3.8, 4) is 0 Å². The molecule has 1 atom stereocenters. The average molecular weight is 333 g/mol. The van der Waals surface area contributed by atoms with Crippen molar-refractivity contribution in [2.24, 2.45) is 0 Å². The predicted octanol–water partition coefficient (Wildman–Crippen LogP) is 2.66. The lowest BCUT2D eigenvalue weighted by Crippen LogP contribution is -2.36. The number of amides is 1. The molecule has 8 nitrogen and oxygen atoms in total. The van der Waals surface area contributed by atoms with E-state index in [0.29, 0.717) is 6.54 Å². The third-order valence-corrected chi connectivity index (χ3v) is 4.12. The molecular formula is C16H19N3O5. The van der Waals surface area contributed by atoms with Crippen molar-refractivity contribution < 1.29 is 18.6 Å². The summed E-state index contributed by atoms with van der Waals surface area (Å²) in [4.78, 5) is 24.4. The number of nitro groups is 1. The standard InChI is InChI=1S/C16H19N3O5/c1-11-4-5-13(23-11)12(18-8-2-3-9-18)10-17-16(20)14-6-7-15(24-14)19(21)22/h4-7,12H,2-3,8-10H2,1H3,(H,17,20)/t12-/m1/s1. The number of aryl methyl sites for hydroxylation is 1. The number of hydrogen-bond acceptors (Lipinski definition) is 6. The Morgan fingerprint density at radius 1 is 1.29 bits per heavy atom. The molecule has 0 unspecified atom stereocenters. The highest BCUT2D eigenvalue weighted by molar-refractivity contribution is 5.91. The molecule has 1 fully saturated rings. The Labute approximate surface area is 138 Å². The summed E-state index contributed by atoms with van der Waals surface area (Å²) >= 11 is 0. The van der Waals surface area contributed by atoms with Gasteiger partial charge in [-0.2, -0.15) is 0 Å². The summed E-state index contributed by atoms with van der Waals surface area (Å²) < 4.78 is 10.7. The minimum absolute atomic E-state index is 0.0601. The van der Waals surface area contributed by atoms with Crippen molar-refractivity contribution in [2.75, 3.05) is 19.6 Å². The first kappa shape index (κ1) is 16.3. The van der Waals surface area contributed by atoms with Gasteiger partial charge in [0.1, 0.15) is 16.4 Å². The minimum atomic E-state index is -0.671. The molecule has 0 bridgehead atoms. The van der Waals surface area contributed by atoms with Gasteiger partial charge in [-0.05, 0) is 51.1 Å². The van der Waals surface area contributed by atoms with E-state index in [4.69, 9.17) is 8.83 Å². The molecule has 3 rings (SSSR count). The number of hydrogen-bond donors (Lipinski definition) is 1. The van der Waals surface area contributed by atoms with E-state index in [1.54, 1.807) is 0 Å². The summed E-state index contributed by atoms with van der Waals surface area (Å²) in [6.45, 7) is 4.13. The molecule has 24 heavy (non-hydrogen) atoms. The molecule has 0 radical (unpaired) electrons. The van der Waals surface area contributed by atoms with E-state index in [1.807, 2.05) is 19.1 Å². The van der Waals surface area contributed by atoms with Crippen LogP contribution in [0.25, 0.3) is 0 Å². The van der Waals surface area contributed by atoms with Crippen LogP contribution in [0.1, 0.15) is 41.0 Å². The molecule has 0 aromatic carbocycles. The Bertz CT molecular complexity index is 730. The van der Waals surface area contributed by atoms with Gasteiger partial charge < -0.3 is 14.2 Å². The van der Waals surface area contributed by atoms with Crippen LogP contribution < -0.4 is 5.32 Å². The van der Waals surface area contributed by atoms with Crippen LogP contribution in [-0.4, -0.2) is 35.4 Å². The molecule has 0 saturated carbocycles. The number of carbonyl (C=O) groups excluding carboxylic acids is 1. The molecule has 1 saturated heterocycles. The van der Waals surface area contributed by atoms with E-state index >= 15 is 0 Å². The van der Waals surface area contributed by atoms with E-state index in [2.05, 4.69) is 10.2 Å². The zero-order valence-corrected chi connectivity index (χ0v) is 13.4. The zero-order chi connectivity index (χ0) is 17.1. The molecule has 1 amide bonds. The van der Waals surface area contributed by atoms with Crippen LogP contribution in [0.4, 0.5) is 5.88 Å². The SMILES string of the molecule is Cc1ccc([C@@H](CNC(=O)c2ccc([N+](=O)[O-])o2)N2CCCC2)o1. The Hall–Kier alpha value is -2.61. The molecule has 2 aromatic heterocycles. The number of likely N-dealkylation sites (tertiary alicyclic amines) is 1. The molecule has 8 heteroatoms. The lowest BCUT2D eigenvalue weighted by atomic mass is 10.2. The maximum absolute atomic E-state index is 12.2. The summed E-state index contributed by atoms with van der Waals surface area (Å²) in [5.41, 5.74) is 0. The third-order valence-electron chi connectivity index (χ3n) is 4.12. The van der Waals surface area contributed by atoms with Gasteiger partial charge in [-0.3, -0.25) is 19.8 Å². The first-order chi connectivity index (χ1) is 11.5. The van der Waals surface area contributed by atoms with Gasteiger partial charge >= 0.3 is 5.88 Å². The fraction of sp³-hybridized carbons (Fsp3) is 0.438. The Kier molecular flexibility index (Phi) is 4.66. The second-order valence-corrected chi connectivity index (χ2v) is 5.81. The molecule has 0 aliphatic carbocycles.